The minimum atomic E-state index is 0. The van der Waals surface area contributed by atoms with E-state index in [0.29, 0.717) is 6.54 Å². The van der Waals surface area contributed by atoms with Crippen LogP contribution in [0, 0.1) is 0 Å². The number of aryl methyl sites for hydroxylation is 2. The molecule has 0 bridgehead atoms. The van der Waals surface area contributed by atoms with E-state index in [2.05, 4.69) is 35.4 Å². The minimum Gasteiger partial charge on any atom is -0.356 e. The number of guanidine groups is 1. The molecule has 0 atom stereocenters. The Kier molecular flexibility index (Phi) is 8.79. The molecular weight excluding hydrogens is 441 g/mol. The number of halogens is 1. The number of nitrogens with zero attached hydrogens (tertiary/aromatic N) is 5. The number of aromatic nitrogens is 4. The highest BCUT2D eigenvalue weighted by atomic mass is 127. The summed E-state index contributed by atoms with van der Waals surface area (Å²) in [7, 11) is 1.78. The highest BCUT2D eigenvalue weighted by molar-refractivity contribution is 14.0. The Morgan fingerprint density at radius 2 is 2.12 bits per heavy atom. The van der Waals surface area contributed by atoms with Gasteiger partial charge in [-0.15, -0.1) is 34.2 Å². The molecule has 3 heterocycles. The van der Waals surface area contributed by atoms with Crippen LogP contribution in [0.15, 0.2) is 29.4 Å². The van der Waals surface area contributed by atoms with Gasteiger partial charge in [0.2, 0.25) is 0 Å². The van der Waals surface area contributed by atoms with Crippen LogP contribution < -0.4 is 10.6 Å². The number of fused-ring (bicyclic) bond motifs is 1. The third-order valence-electron chi connectivity index (χ3n) is 4.44. The number of hydrogen-bond acceptors (Lipinski definition) is 4. The Morgan fingerprint density at radius 1 is 1.19 bits per heavy atom. The smallest absolute Gasteiger partial charge is 0.191 e. The topological polar surface area (TPSA) is 80.0 Å². The summed E-state index contributed by atoms with van der Waals surface area (Å²) < 4.78 is 2.32. The first-order valence-electron chi connectivity index (χ1n) is 9.12. The first-order valence-corrected chi connectivity index (χ1v) is 9.12. The monoisotopic (exact) mass is 469 g/mol. The van der Waals surface area contributed by atoms with Crippen molar-refractivity contribution in [2.75, 3.05) is 13.6 Å². The van der Waals surface area contributed by atoms with E-state index in [1.807, 2.05) is 18.2 Å². The summed E-state index contributed by atoms with van der Waals surface area (Å²) in [4.78, 5) is 8.55. The predicted molar refractivity (Wildman–Crippen MR) is 114 cm³/mol. The van der Waals surface area contributed by atoms with Crippen LogP contribution in [0.3, 0.4) is 0 Å². The largest absolute Gasteiger partial charge is 0.356 e. The molecule has 2 N–H and O–H groups in total. The molecule has 7 nitrogen and oxygen atoms in total. The molecule has 0 radical (unpaired) electrons. The van der Waals surface area contributed by atoms with E-state index in [1.54, 1.807) is 13.2 Å². The van der Waals surface area contributed by atoms with Crippen molar-refractivity contribution in [3.8, 4) is 0 Å². The fourth-order valence-corrected chi connectivity index (χ4v) is 3.08. The van der Waals surface area contributed by atoms with E-state index in [9.17, 15) is 0 Å². The molecule has 0 aliphatic carbocycles. The van der Waals surface area contributed by atoms with E-state index >= 15 is 0 Å². The Labute approximate surface area is 172 Å². The third kappa shape index (κ3) is 5.93. The lowest BCUT2D eigenvalue weighted by molar-refractivity contribution is 0.593. The third-order valence-corrected chi connectivity index (χ3v) is 4.44. The molecule has 0 unspecified atom stereocenters. The molecule has 2 aromatic rings. The standard InChI is InChI=1S/C18H27N7.HI/c1-19-18(22-14-15-8-4-5-11-20-15)21-12-7-10-17-24-23-16-9-3-2-6-13-25(16)17;/h4-5,8,11H,2-3,6-7,9-10,12-14H2,1H3,(H2,19,21,22);1H. The lowest BCUT2D eigenvalue weighted by Crippen LogP contribution is -2.37. The summed E-state index contributed by atoms with van der Waals surface area (Å²) >= 11 is 0. The summed E-state index contributed by atoms with van der Waals surface area (Å²) in [5.74, 6) is 3.08. The summed E-state index contributed by atoms with van der Waals surface area (Å²) in [6, 6.07) is 5.90. The van der Waals surface area contributed by atoms with Crippen LogP contribution in [0.2, 0.25) is 0 Å². The maximum Gasteiger partial charge on any atom is 0.191 e. The lowest BCUT2D eigenvalue weighted by Gasteiger charge is -2.12. The van der Waals surface area contributed by atoms with Crippen molar-refractivity contribution in [1.82, 2.24) is 30.4 Å². The zero-order valence-corrected chi connectivity index (χ0v) is 17.6. The van der Waals surface area contributed by atoms with Crippen molar-refractivity contribution in [1.29, 1.82) is 0 Å². The van der Waals surface area contributed by atoms with Gasteiger partial charge in [0.25, 0.3) is 0 Å². The van der Waals surface area contributed by atoms with E-state index in [-0.39, 0.29) is 24.0 Å². The summed E-state index contributed by atoms with van der Waals surface area (Å²) in [5.41, 5.74) is 0.997. The van der Waals surface area contributed by atoms with Gasteiger partial charge in [0.05, 0.1) is 12.2 Å². The summed E-state index contributed by atoms with van der Waals surface area (Å²) in [6.45, 7) is 2.58. The number of hydrogen-bond donors (Lipinski definition) is 2. The second-order valence-corrected chi connectivity index (χ2v) is 6.27. The Morgan fingerprint density at radius 3 is 2.92 bits per heavy atom. The minimum absolute atomic E-state index is 0. The van der Waals surface area contributed by atoms with E-state index in [4.69, 9.17) is 0 Å². The van der Waals surface area contributed by atoms with Crippen LogP contribution in [0.4, 0.5) is 0 Å². The van der Waals surface area contributed by atoms with Crippen molar-refractivity contribution in [3.63, 3.8) is 0 Å². The van der Waals surface area contributed by atoms with Crippen molar-refractivity contribution in [2.45, 2.75) is 51.6 Å². The van der Waals surface area contributed by atoms with Crippen LogP contribution >= 0.6 is 24.0 Å². The van der Waals surface area contributed by atoms with Gasteiger partial charge in [0.1, 0.15) is 11.6 Å². The van der Waals surface area contributed by atoms with Gasteiger partial charge in [-0.05, 0) is 31.4 Å². The average molecular weight is 469 g/mol. The Bertz CT molecular complexity index is 684. The van der Waals surface area contributed by atoms with E-state index in [0.717, 1.165) is 55.7 Å². The molecule has 1 aliphatic heterocycles. The lowest BCUT2D eigenvalue weighted by atomic mass is 10.2. The van der Waals surface area contributed by atoms with Crippen molar-refractivity contribution in [2.24, 2.45) is 4.99 Å². The number of aliphatic imine (C=N–C) groups is 1. The molecule has 0 fully saturated rings. The zero-order valence-electron chi connectivity index (χ0n) is 15.3. The van der Waals surface area contributed by atoms with Crippen molar-refractivity contribution >= 4 is 29.9 Å². The van der Waals surface area contributed by atoms with Crippen molar-refractivity contribution in [3.05, 3.63) is 41.7 Å². The van der Waals surface area contributed by atoms with Crippen LogP contribution in [-0.2, 0) is 25.9 Å². The molecule has 8 heteroatoms. The molecule has 0 spiro atoms. The van der Waals surface area contributed by atoms with Gasteiger partial charge in [0, 0.05) is 39.2 Å². The quantitative estimate of drug-likeness (QED) is 0.294. The molecular formula is C18H28IN7. The van der Waals surface area contributed by atoms with Gasteiger partial charge >= 0.3 is 0 Å². The molecule has 0 aromatic carbocycles. The molecule has 0 saturated heterocycles. The second kappa shape index (κ2) is 11.1. The normalized spacial score (nSPS) is 14.1. The van der Waals surface area contributed by atoms with E-state index in [1.165, 1.54) is 19.3 Å². The average Bonchev–Trinajstić information content (AvgIpc) is 2.88. The van der Waals surface area contributed by atoms with Crippen LogP contribution in [0.5, 0.6) is 0 Å². The van der Waals surface area contributed by atoms with Crippen LogP contribution in [0.25, 0.3) is 0 Å². The zero-order chi connectivity index (χ0) is 17.3. The van der Waals surface area contributed by atoms with Gasteiger partial charge in [-0.3, -0.25) is 9.98 Å². The maximum absolute atomic E-state index is 4.38. The fourth-order valence-electron chi connectivity index (χ4n) is 3.08. The van der Waals surface area contributed by atoms with E-state index < -0.39 is 0 Å². The number of rotatable bonds is 6. The Hall–Kier alpha value is -1.71. The highest BCUT2D eigenvalue weighted by Crippen LogP contribution is 2.15. The van der Waals surface area contributed by atoms with Crippen LogP contribution in [-0.4, -0.2) is 39.3 Å². The van der Waals surface area contributed by atoms with Gasteiger partial charge in [-0.1, -0.05) is 12.5 Å². The summed E-state index contributed by atoms with van der Waals surface area (Å²) in [5, 5.41) is 15.4. The number of nitrogens with one attached hydrogen (secondary N) is 2. The van der Waals surface area contributed by atoms with Crippen molar-refractivity contribution < 1.29 is 0 Å². The molecule has 2 aromatic heterocycles. The first kappa shape index (κ1) is 20.6. The molecule has 0 amide bonds. The molecule has 26 heavy (non-hydrogen) atoms. The number of pyridine rings is 1. The maximum atomic E-state index is 4.38. The second-order valence-electron chi connectivity index (χ2n) is 6.27. The van der Waals surface area contributed by atoms with Gasteiger partial charge in [-0.25, -0.2) is 0 Å². The highest BCUT2D eigenvalue weighted by Gasteiger charge is 2.14. The summed E-state index contributed by atoms with van der Waals surface area (Å²) in [6.07, 6.45) is 8.57. The van der Waals surface area contributed by atoms with Gasteiger partial charge < -0.3 is 15.2 Å². The van der Waals surface area contributed by atoms with Gasteiger partial charge in [-0.2, -0.15) is 0 Å². The molecule has 0 saturated carbocycles. The van der Waals surface area contributed by atoms with Gasteiger partial charge in [0.15, 0.2) is 5.96 Å². The predicted octanol–water partition coefficient (Wildman–Crippen LogP) is 2.32. The molecule has 1 aliphatic rings. The van der Waals surface area contributed by atoms with Crippen LogP contribution in [0.1, 0.15) is 43.0 Å². The molecule has 142 valence electrons. The SMILES string of the molecule is CN=C(NCCCc1nnc2n1CCCCC2)NCc1ccccn1.I. The Balaban J connectivity index is 0.00000243. The fraction of sp³-hybridized carbons (Fsp3) is 0.556. The first-order chi connectivity index (χ1) is 12.4. The molecule has 3 rings (SSSR count).